The van der Waals surface area contributed by atoms with Gasteiger partial charge in [0.05, 0.1) is 6.04 Å². The summed E-state index contributed by atoms with van der Waals surface area (Å²) in [6.45, 7) is 3.35. The number of nitrogens with two attached hydrogens (primary N) is 1. The molecule has 1 saturated carbocycles. The fraction of sp³-hybridized carbons (Fsp3) is 0.733. The van der Waals surface area contributed by atoms with Crippen LogP contribution in [0.5, 0.6) is 0 Å². The Kier molecular flexibility index (Phi) is 6.49. The first kappa shape index (κ1) is 16.4. The van der Waals surface area contributed by atoms with Crippen LogP contribution in [0.3, 0.4) is 0 Å². The van der Waals surface area contributed by atoms with Gasteiger partial charge in [0, 0.05) is 40.0 Å². The van der Waals surface area contributed by atoms with Gasteiger partial charge in [0.25, 0.3) is 0 Å². The van der Waals surface area contributed by atoms with Crippen molar-refractivity contribution in [2.24, 2.45) is 5.73 Å². The molecule has 1 aromatic rings. The third-order valence-electron chi connectivity index (χ3n) is 4.23. The van der Waals surface area contributed by atoms with Crippen LogP contribution in [0.25, 0.3) is 0 Å². The van der Waals surface area contributed by atoms with Crippen molar-refractivity contribution in [3.63, 3.8) is 0 Å². The molecule has 1 aliphatic rings. The number of nitrogens with zero attached hydrogens (tertiary/aromatic N) is 1. The van der Waals surface area contributed by atoms with E-state index in [0.29, 0.717) is 6.04 Å². The van der Waals surface area contributed by atoms with Gasteiger partial charge in [-0.3, -0.25) is 4.90 Å². The highest BCUT2D eigenvalue weighted by atomic mass is 79.9. The molecule has 0 spiro atoms. The molecule has 0 radical (unpaired) electrons. The Hall–Kier alpha value is 0.0600. The summed E-state index contributed by atoms with van der Waals surface area (Å²) in [6.07, 6.45) is 5.66. The maximum Gasteiger partial charge on any atom is 0.0596 e. The maximum atomic E-state index is 9.18. The van der Waals surface area contributed by atoms with Crippen LogP contribution in [-0.4, -0.2) is 35.2 Å². The Morgan fingerprint density at radius 3 is 2.75 bits per heavy atom. The Morgan fingerprint density at radius 2 is 2.30 bits per heavy atom. The second kappa shape index (κ2) is 7.90. The lowest BCUT2D eigenvalue weighted by molar-refractivity contribution is 0.0595. The van der Waals surface area contributed by atoms with Gasteiger partial charge in [0.2, 0.25) is 0 Å². The SMILES string of the molecule is CCC(N)C(c1cc(Br)cs1)N(CCCO)C1CCC1. The van der Waals surface area contributed by atoms with Crippen molar-refractivity contribution < 1.29 is 5.11 Å². The first-order valence-corrected chi connectivity index (χ1v) is 9.20. The van der Waals surface area contributed by atoms with E-state index < -0.39 is 0 Å². The number of aliphatic hydroxyl groups is 1. The minimum absolute atomic E-state index is 0.153. The van der Waals surface area contributed by atoms with Crippen molar-refractivity contribution in [2.75, 3.05) is 13.2 Å². The third-order valence-corrected chi connectivity index (χ3v) is 6.00. The van der Waals surface area contributed by atoms with Gasteiger partial charge < -0.3 is 10.8 Å². The van der Waals surface area contributed by atoms with Gasteiger partial charge in [-0.25, -0.2) is 0 Å². The van der Waals surface area contributed by atoms with Crippen LogP contribution in [0.2, 0.25) is 0 Å². The Morgan fingerprint density at radius 1 is 1.55 bits per heavy atom. The molecule has 1 fully saturated rings. The second-order valence-corrected chi connectivity index (χ2v) is 7.44. The largest absolute Gasteiger partial charge is 0.396 e. The number of hydrogen-bond donors (Lipinski definition) is 2. The highest BCUT2D eigenvalue weighted by molar-refractivity contribution is 9.10. The van der Waals surface area contributed by atoms with E-state index in [1.165, 1.54) is 24.1 Å². The molecule has 3 nitrogen and oxygen atoms in total. The summed E-state index contributed by atoms with van der Waals surface area (Å²) in [4.78, 5) is 3.89. The molecule has 2 rings (SSSR count). The molecule has 3 N–H and O–H groups in total. The Bertz CT molecular complexity index is 408. The molecular formula is C15H25BrN2OS. The lowest BCUT2D eigenvalue weighted by Crippen LogP contribution is -2.49. The maximum absolute atomic E-state index is 9.18. The van der Waals surface area contributed by atoms with Gasteiger partial charge in [-0.15, -0.1) is 11.3 Å². The molecule has 114 valence electrons. The van der Waals surface area contributed by atoms with E-state index in [1.54, 1.807) is 11.3 Å². The van der Waals surface area contributed by atoms with Crippen molar-refractivity contribution in [1.29, 1.82) is 0 Å². The van der Waals surface area contributed by atoms with Gasteiger partial charge in [-0.2, -0.15) is 0 Å². The van der Waals surface area contributed by atoms with E-state index in [4.69, 9.17) is 5.73 Å². The molecule has 1 aromatic heterocycles. The lowest BCUT2D eigenvalue weighted by atomic mass is 9.88. The van der Waals surface area contributed by atoms with Gasteiger partial charge in [-0.1, -0.05) is 13.3 Å². The topological polar surface area (TPSA) is 49.5 Å². The fourth-order valence-corrected chi connectivity index (χ4v) is 4.49. The summed E-state index contributed by atoms with van der Waals surface area (Å²) in [5.41, 5.74) is 6.43. The van der Waals surface area contributed by atoms with Crippen LogP contribution in [0.15, 0.2) is 15.9 Å². The standard InChI is InChI=1S/C15H25BrN2OS/c1-2-13(17)15(14-9-11(16)10-20-14)18(7-4-8-19)12-5-3-6-12/h9-10,12-13,15,19H,2-8,17H2,1H3. The highest BCUT2D eigenvalue weighted by Gasteiger charge is 2.34. The van der Waals surface area contributed by atoms with E-state index >= 15 is 0 Å². The van der Waals surface area contributed by atoms with Crippen molar-refractivity contribution in [3.8, 4) is 0 Å². The molecule has 0 amide bonds. The van der Waals surface area contributed by atoms with E-state index in [-0.39, 0.29) is 18.7 Å². The zero-order valence-corrected chi connectivity index (χ0v) is 14.5. The fourth-order valence-electron chi connectivity index (χ4n) is 2.85. The van der Waals surface area contributed by atoms with Crippen molar-refractivity contribution in [2.45, 2.75) is 57.2 Å². The number of aliphatic hydroxyl groups excluding tert-OH is 1. The average Bonchev–Trinajstić information content (AvgIpc) is 2.80. The van der Waals surface area contributed by atoms with Crippen LogP contribution in [0, 0.1) is 0 Å². The molecule has 2 atom stereocenters. The zero-order chi connectivity index (χ0) is 14.5. The third kappa shape index (κ3) is 3.83. The van der Waals surface area contributed by atoms with Crippen LogP contribution in [0.1, 0.15) is 49.9 Å². The average molecular weight is 361 g/mol. The summed E-state index contributed by atoms with van der Waals surface area (Å²) >= 11 is 5.34. The lowest BCUT2D eigenvalue weighted by Gasteiger charge is -2.44. The van der Waals surface area contributed by atoms with E-state index in [9.17, 15) is 5.11 Å². The molecule has 20 heavy (non-hydrogen) atoms. The first-order valence-electron chi connectivity index (χ1n) is 7.53. The van der Waals surface area contributed by atoms with Gasteiger partial charge in [0.1, 0.15) is 0 Å². The molecule has 0 saturated heterocycles. The normalized spacial score (nSPS) is 19.1. The first-order chi connectivity index (χ1) is 9.67. The summed E-state index contributed by atoms with van der Waals surface area (Å²) in [7, 11) is 0. The summed E-state index contributed by atoms with van der Waals surface area (Å²) in [5.74, 6) is 0. The molecule has 1 aliphatic carbocycles. The minimum Gasteiger partial charge on any atom is -0.396 e. The van der Waals surface area contributed by atoms with Gasteiger partial charge >= 0.3 is 0 Å². The summed E-state index contributed by atoms with van der Waals surface area (Å²) in [5, 5.41) is 11.3. The monoisotopic (exact) mass is 360 g/mol. The number of thiophene rings is 1. The summed E-state index contributed by atoms with van der Waals surface area (Å²) < 4.78 is 1.14. The quantitative estimate of drug-likeness (QED) is 0.745. The molecule has 5 heteroatoms. The van der Waals surface area contributed by atoms with Crippen LogP contribution in [-0.2, 0) is 0 Å². The molecule has 0 bridgehead atoms. The molecule has 1 heterocycles. The van der Waals surface area contributed by atoms with Crippen LogP contribution >= 0.6 is 27.3 Å². The van der Waals surface area contributed by atoms with Crippen molar-refractivity contribution in [1.82, 2.24) is 4.90 Å². The smallest absolute Gasteiger partial charge is 0.0596 e. The number of rotatable bonds is 8. The second-order valence-electron chi connectivity index (χ2n) is 5.58. The summed E-state index contributed by atoms with van der Waals surface area (Å²) in [6, 6.07) is 3.29. The van der Waals surface area contributed by atoms with Gasteiger partial charge in [-0.05, 0) is 47.7 Å². The van der Waals surface area contributed by atoms with Crippen LogP contribution < -0.4 is 5.73 Å². The Balaban J connectivity index is 2.21. The number of hydrogen-bond acceptors (Lipinski definition) is 4. The highest BCUT2D eigenvalue weighted by Crippen LogP contribution is 2.37. The predicted octanol–water partition coefficient (Wildman–Crippen LogP) is 3.53. The van der Waals surface area contributed by atoms with E-state index in [0.717, 1.165) is 23.9 Å². The molecule has 2 unspecified atom stereocenters. The molecule has 0 aromatic carbocycles. The number of halogens is 1. The van der Waals surface area contributed by atoms with Crippen LogP contribution in [0.4, 0.5) is 0 Å². The van der Waals surface area contributed by atoms with E-state index in [1.807, 2.05) is 0 Å². The zero-order valence-electron chi connectivity index (χ0n) is 12.1. The predicted molar refractivity (Wildman–Crippen MR) is 89.1 cm³/mol. The molecule has 0 aliphatic heterocycles. The minimum atomic E-state index is 0.153. The van der Waals surface area contributed by atoms with Gasteiger partial charge in [0.15, 0.2) is 0 Å². The molecular weight excluding hydrogens is 336 g/mol. The van der Waals surface area contributed by atoms with Crippen molar-refractivity contribution >= 4 is 27.3 Å². The van der Waals surface area contributed by atoms with Crippen molar-refractivity contribution in [3.05, 3.63) is 20.8 Å². The Labute approximate surface area is 134 Å². The van der Waals surface area contributed by atoms with E-state index in [2.05, 4.69) is 39.2 Å².